The van der Waals surface area contributed by atoms with Crippen LogP contribution in [-0.2, 0) is 25.8 Å². The second-order valence-corrected chi connectivity index (χ2v) is 7.81. The fourth-order valence-corrected chi connectivity index (χ4v) is 4.32. The minimum atomic E-state index is 0.00995. The van der Waals surface area contributed by atoms with E-state index in [-0.39, 0.29) is 11.3 Å². The van der Waals surface area contributed by atoms with E-state index in [9.17, 15) is 9.82 Å². The van der Waals surface area contributed by atoms with E-state index < -0.39 is 0 Å². The average Bonchev–Trinajstić information content (AvgIpc) is 3.07. The molecule has 1 aliphatic carbocycles. The van der Waals surface area contributed by atoms with Crippen LogP contribution in [0.4, 0.5) is 5.82 Å². The Morgan fingerprint density at radius 3 is 2.84 bits per heavy atom. The molecule has 129 valence electrons. The quantitative estimate of drug-likeness (QED) is 0.864. The summed E-state index contributed by atoms with van der Waals surface area (Å²) < 4.78 is 2.20. The van der Waals surface area contributed by atoms with Gasteiger partial charge in [0.1, 0.15) is 11.5 Å². The molecule has 2 aromatic rings. The third kappa shape index (κ3) is 2.51. The van der Waals surface area contributed by atoms with Crippen LogP contribution in [0.3, 0.4) is 0 Å². The first-order valence-corrected chi connectivity index (χ1v) is 8.93. The average molecular weight is 336 g/mol. The summed E-state index contributed by atoms with van der Waals surface area (Å²) in [4.78, 5) is 19.4. The van der Waals surface area contributed by atoms with Gasteiger partial charge in [0.25, 0.3) is 5.91 Å². The minimum absolute atomic E-state index is 0.00995. The fraction of sp³-hybridized carbons (Fsp3) is 0.474. The summed E-state index contributed by atoms with van der Waals surface area (Å²) in [5, 5.41) is 9.46. The summed E-state index contributed by atoms with van der Waals surface area (Å²) in [6.45, 7) is 7.99. The van der Waals surface area contributed by atoms with Crippen LogP contribution in [-0.4, -0.2) is 34.5 Å². The molecule has 2 aliphatic rings. The molecule has 0 saturated carbocycles. The van der Waals surface area contributed by atoms with Gasteiger partial charge in [-0.3, -0.25) is 9.69 Å². The minimum Gasteiger partial charge on any atom is -0.450 e. The highest BCUT2D eigenvalue weighted by Crippen LogP contribution is 2.39. The van der Waals surface area contributed by atoms with Crippen molar-refractivity contribution < 1.29 is 9.82 Å². The lowest BCUT2D eigenvalue weighted by Gasteiger charge is -2.31. The van der Waals surface area contributed by atoms with E-state index >= 15 is 0 Å². The summed E-state index contributed by atoms with van der Waals surface area (Å²) in [6.07, 6.45) is 4.43. The third-order valence-corrected chi connectivity index (χ3v) is 5.44. The molecule has 0 spiro atoms. The number of nitrogens with zero attached hydrogens (tertiary/aromatic N) is 3. The van der Waals surface area contributed by atoms with Gasteiger partial charge in [-0.15, -0.1) is 0 Å². The number of hydrogen-bond acceptors (Lipinski definition) is 3. The van der Waals surface area contributed by atoms with Crippen molar-refractivity contribution in [2.24, 2.45) is 5.41 Å². The Balaban J connectivity index is 1.73. The summed E-state index contributed by atoms with van der Waals surface area (Å²) in [7, 11) is 1.09. The van der Waals surface area contributed by atoms with Gasteiger partial charge in [0.15, 0.2) is 0 Å². The molecule has 0 bridgehead atoms. The maximum Gasteiger partial charge on any atom is 0.327 e. The van der Waals surface area contributed by atoms with E-state index in [1.54, 1.807) is 17.2 Å². The normalized spacial score (nSPS) is 18.2. The number of fused-ring (bicyclic) bond motifs is 3. The number of pyridine rings is 1. The van der Waals surface area contributed by atoms with Gasteiger partial charge < -0.3 is 9.59 Å². The zero-order valence-electron chi connectivity index (χ0n) is 15.0. The predicted octanol–water partition coefficient (Wildman–Crippen LogP) is 1.47. The molecule has 2 aromatic heterocycles. The molecule has 25 heavy (non-hydrogen) atoms. The third-order valence-electron chi connectivity index (χ3n) is 5.44. The number of anilines is 1. The van der Waals surface area contributed by atoms with Crippen molar-refractivity contribution in [3.63, 3.8) is 0 Å². The Bertz CT molecular complexity index is 857. The van der Waals surface area contributed by atoms with Crippen LogP contribution < -0.4 is 10.4 Å². The zero-order chi connectivity index (χ0) is 17.8. The Morgan fingerprint density at radius 2 is 2.12 bits per heavy atom. The van der Waals surface area contributed by atoms with Crippen molar-refractivity contribution in [3.05, 3.63) is 40.8 Å². The van der Waals surface area contributed by atoms with Crippen molar-refractivity contribution in [1.82, 2.24) is 9.55 Å². The molecule has 5 nitrogen and oxygen atoms in total. The molecule has 0 atom stereocenters. The standard InChI is InChI=1S/C19H23BN3O2/c1-4-13-14(20-25)5-6-21-17(13)23-8-7-22-15(18(23)24)9-12-10-19(2,3)11-16(12)22/h5-6,9,25H,4,7-8,10-11H2,1-3H3. The summed E-state index contributed by atoms with van der Waals surface area (Å²) in [5.74, 6) is 0.680. The Kier molecular flexibility index (Phi) is 3.76. The molecule has 0 unspecified atom stereocenters. The summed E-state index contributed by atoms with van der Waals surface area (Å²) >= 11 is 0. The molecule has 4 rings (SSSR count). The number of hydrogen-bond donors (Lipinski definition) is 1. The Labute approximate surface area is 149 Å². The van der Waals surface area contributed by atoms with Gasteiger partial charge in [-0.1, -0.05) is 20.8 Å². The lowest BCUT2D eigenvalue weighted by molar-refractivity contribution is 0.0963. The van der Waals surface area contributed by atoms with Gasteiger partial charge in [-0.2, -0.15) is 0 Å². The van der Waals surface area contributed by atoms with E-state index in [1.165, 1.54) is 11.3 Å². The van der Waals surface area contributed by atoms with Gasteiger partial charge in [-0.25, -0.2) is 4.98 Å². The molecule has 6 heteroatoms. The molecule has 1 N–H and O–H groups in total. The lowest BCUT2D eigenvalue weighted by atomic mass is 9.84. The number of amides is 1. The molecule has 1 amide bonds. The van der Waals surface area contributed by atoms with Crippen LogP contribution in [0.25, 0.3) is 0 Å². The SMILES string of the molecule is CCc1c([B]O)ccnc1N1CCn2c(cc3c2CC(C)(C)C3)C1=O. The van der Waals surface area contributed by atoms with Gasteiger partial charge in [0.2, 0.25) is 0 Å². The smallest absolute Gasteiger partial charge is 0.327 e. The second kappa shape index (κ2) is 5.73. The molecule has 0 aromatic carbocycles. The highest BCUT2D eigenvalue weighted by molar-refractivity contribution is 6.46. The predicted molar refractivity (Wildman–Crippen MR) is 98.5 cm³/mol. The molecule has 1 radical (unpaired) electrons. The van der Waals surface area contributed by atoms with Crippen molar-refractivity contribution in [3.8, 4) is 0 Å². The van der Waals surface area contributed by atoms with Gasteiger partial charge >= 0.3 is 7.48 Å². The van der Waals surface area contributed by atoms with E-state index in [2.05, 4.69) is 29.5 Å². The lowest BCUT2D eigenvalue weighted by Crippen LogP contribution is -2.42. The largest absolute Gasteiger partial charge is 0.450 e. The first kappa shape index (κ1) is 16.4. The van der Waals surface area contributed by atoms with E-state index in [1.807, 2.05) is 6.92 Å². The number of aromatic nitrogens is 2. The van der Waals surface area contributed by atoms with Crippen LogP contribution in [0, 0.1) is 5.41 Å². The topological polar surface area (TPSA) is 58.4 Å². The van der Waals surface area contributed by atoms with Crippen LogP contribution in [0.2, 0.25) is 0 Å². The molecular weight excluding hydrogens is 313 g/mol. The Hall–Kier alpha value is -2.08. The first-order valence-electron chi connectivity index (χ1n) is 8.93. The van der Waals surface area contributed by atoms with E-state index in [4.69, 9.17) is 0 Å². The molecular formula is C19H23BN3O2. The van der Waals surface area contributed by atoms with Crippen molar-refractivity contribution in [2.45, 2.75) is 46.6 Å². The highest BCUT2D eigenvalue weighted by Gasteiger charge is 2.37. The van der Waals surface area contributed by atoms with Crippen LogP contribution in [0.1, 0.15) is 48.1 Å². The maximum atomic E-state index is 13.1. The van der Waals surface area contributed by atoms with E-state index in [0.29, 0.717) is 18.8 Å². The van der Waals surface area contributed by atoms with Crippen LogP contribution in [0.15, 0.2) is 18.3 Å². The number of carbonyl (C=O) groups excluding carboxylic acids is 1. The molecule has 3 heterocycles. The highest BCUT2D eigenvalue weighted by atomic mass is 16.2. The monoisotopic (exact) mass is 336 g/mol. The zero-order valence-corrected chi connectivity index (χ0v) is 15.0. The summed E-state index contributed by atoms with van der Waals surface area (Å²) in [5.41, 5.74) is 5.34. The molecule has 0 fully saturated rings. The first-order chi connectivity index (χ1) is 11.9. The summed E-state index contributed by atoms with van der Waals surface area (Å²) in [6, 6.07) is 3.85. The van der Waals surface area contributed by atoms with Crippen LogP contribution >= 0.6 is 0 Å². The van der Waals surface area contributed by atoms with Crippen LogP contribution in [0.5, 0.6) is 0 Å². The van der Waals surface area contributed by atoms with Crippen molar-refractivity contribution in [2.75, 3.05) is 11.4 Å². The molecule has 0 saturated heterocycles. The second-order valence-electron chi connectivity index (χ2n) is 7.81. The number of rotatable bonds is 3. The van der Waals surface area contributed by atoms with E-state index in [0.717, 1.165) is 43.6 Å². The van der Waals surface area contributed by atoms with Gasteiger partial charge in [0.05, 0.1) is 0 Å². The van der Waals surface area contributed by atoms with Crippen molar-refractivity contribution in [1.29, 1.82) is 0 Å². The van der Waals surface area contributed by atoms with Gasteiger partial charge in [0, 0.05) is 25.0 Å². The Morgan fingerprint density at radius 1 is 1.32 bits per heavy atom. The molecule has 1 aliphatic heterocycles. The maximum absolute atomic E-state index is 13.1. The number of carbonyl (C=O) groups is 1. The van der Waals surface area contributed by atoms with Gasteiger partial charge in [-0.05, 0) is 53.4 Å². The fourth-order valence-electron chi connectivity index (χ4n) is 4.32. The van der Waals surface area contributed by atoms with Crippen molar-refractivity contribution >= 4 is 24.7 Å².